The molecule has 0 heterocycles. The minimum absolute atomic E-state index is 0.0819. The van der Waals surface area contributed by atoms with Crippen molar-refractivity contribution in [2.24, 2.45) is 0 Å². The van der Waals surface area contributed by atoms with Crippen LogP contribution in [0.2, 0.25) is 0 Å². The van der Waals surface area contributed by atoms with Crippen LogP contribution in [0.3, 0.4) is 0 Å². The lowest BCUT2D eigenvalue weighted by molar-refractivity contribution is -0.385. The molecule has 15 heavy (non-hydrogen) atoms. The van der Waals surface area contributed by atoms with Gasteiger partial charge in [0.1, 0.15) is 9.32 Å². The molecule has 0 saturated heterocycles. The smallest absolute Gasteiger partial charge is 0.283 e. The molecule has 1 aromatic carbocycles. The average molecular weight is 321 g/mol. The number of benzene rings is 1. The van der Waals surface area contributed by atoms with E-state index in [2.05, 4.69) is 0 Å². The zero-order chi connectivity index (χ0) is 11.6. The van der Waals surface area contributed by atoms with Crippen molar-refractivity contribution in [3.8, 4) is 5.75 Å². The fraction of sp³-hybridized carbons (Fsp3) is 0.222. The Labute approximate surface area is 99.7 Å². The Hall–Kier alpha value is -1.18. The first-order valence-electron chi connectivity index (χ1n) is 4.00. The van der Waals surface area contributed by atoms with Gasteiger partial charge in [-0.3, -0.25) is 14.9 Å². The Morgan fingerprint density at radius 3 is 2.53 bits per heavy atom. The third-order valence-corrected chi connectivity index (χ3v) is 2.94. The van der Waals surface area contributed by atoms with Crippen LogP contribution in [0.25, 0.3) is 0 Å². The van der Waals surface area contributed by atoms with E-state index in [-0.39, 0.29) is 17.0 Å². The number of carbonyl (C=O) groups excluding carboxylic acids is 1. The van der Waals surface area contributed by atoms with E-state index in [1.165, 1.54) is 26.2 Å². The number of halogens is 1. The standard InChI is InChI=1S/C9H8INO4/c1-5(12)8-7(15-2)4-3-6(9(8)10)11(13)14/h3-4H,1-2H3. The van der Waals surface area contributed by atoms with E-state index in [0.29, 0.717) is 9.32 Å². The second-order valence-electron chi connectivity index (χ2n) is 2.79. The lowest BCUT2D eigenvalue weighted by atomic mass is 10.1. The van der Waals surface area contributed by atoms with E-state index in [0.717, 1.165) is 0 Å². The highest BCUT2D eigenvalue weighted by molar-refractivity contribution is 14.1. The number of hydrogen-bond donors (Lipinski definition) is 0. The summed E-state index contributed by atoms with van der Waals surface area (Å²) in [5.74, 6) is 0.109. The van der Waals surface area contributed by atoms with Crippen LogP contribution >= 0.6 is 22.6 Å². The molecule has 0 aliphatic rings. The van der Waals surface area contributed by atoms with Crippen molar-refractivity contribution in [1.29, 1.82) is 0 Å². The first-order valence-corrected chi connectivity index (χ1v) is 5.08. The Morgan fingerprint density at radius 1 is 1.53 bits per heavy atom. The van der Waals surface area contributed by atoms with E-state index < -0.39 is 4.92 Å². The first-order chi connectivity index (χ1) is 6.99. The fourth-order valence-corrected chi connectivity index (χ4v) is 2.21. The van der Waals surface area contributed by atoms with Crippen molar-refractivity contribution in [1.82, 2.24) is 0 Å². The second-order valence-corrected chi connectivity index (χ2v) is 3.87. The summed E-state index contributed by atoms with van der Waals surface area (Å²) >= 11 is 1.78. The number of nitro groups is 1. The molecular formula is C9H8INO4. The van der Waals surface area contributed by atoms with Crippen LogP contribution in [0.4, 0.5) is 5.69 Å². The van der Waals surface area contributed by atoms with Crippen molar-refractivity contribution in [2.45, 2.75) is 6.92 Å². The zero-order valence-corrected chi connectivity index (χ0v) is 10.3. The maximum atomic E-state index is 11.3. The van der Waals surface area contributed by atoms with E-state index in [4.69, 9.17) is 4.74 Å². The van der Waals surface area contributed by atoms with Gasteiger partial charge in [-0.1, -0.05) is 0 Å². The predicted octanol–water partition coefficient (Wildman–Crippen LogP) is 2.41. The number of ketones is 1. The summed E-state index contributed by atoms with van der Waals surface area (Å²) in [4.78, 5) is 21.4. The maximum absolute atomic E-state index is 11.3. The molecular weight excluding hydrogens is 313 g/mol. The molecule has 0 aliphatic heterocycles. The second kappa shape index (κ2) is 4.56. The molecule has 0 saturated carbocycles. The number of ether oxygens (including phenoxy) is 1. The maximum Gasteiger partial charge on any atom is 0.283 e. The van der Waals surface area contributed by atoms with E-state index in [9.17, 15) is 14.9 Å². The molecule has 0 amide bonds. The lowest BCUT2D eigenvalue weighted by Gasteiger charge is -2.07. The highest BCUT2D eigenvalue weighted by Gasteiger charge is 2.21. The summed E-state index contributed by atoms with van der Waals surface area (Å²) in [6.07, 6.45) is 0. The van der Waals surface area contributed by atoms with Crippen LogP contribution in [-0.2, 0) is 0 Å². The van der Waals surface area contributed by atoms with Gasteiger partial charge >= 0.3 is 0 Å². The molecule has 80 valence electrons. The number of carbonyl (C=O) groups is 1. The van der Waals surface area contributed by atoms with Gasteiger partial charge in [-0.15, -0.1) is 0 Å². The van der Waals surface area contributed by atoms with Crippen LogP contribution in [0.1, 0.15) is 17.3 Å². The number of nitro benzene ring substituents is 1. The summed E-state index contributed by atoms with van der Waals surface area (Å²) < 4.78 is 5.28. The molecule has 0 spiro atoms. The Bertz CT molecular complexity index is 430. The molecule has 6 heteroatoms. The third-order valence-electron chi connectivity index (χ3n) is 1.85. The molecule has 0 fully saturated rings. The van der Waals surface area contributed by atoms with Crippen molar-refractivity contribution >= 4 is 34.1 Å². The summed E-state index contributed by atoms with van der Waals surface area (Å²) in [7, 11) is 1.42. The van der Waals surface area contributed by atoms with Gasteiger partial charge < -0.3 is 4.74 Å². The van der Waals surface area contributed by atoms with Gasteiger partial charge in [0.2, 0.25) is 0 Å². The number of hydrogen-bond acceptors (Lipinski definition) is 4. The third kappa shape index (κ3) is 2.25. The molecule has 0 aliphatic carbocycles. The number of methoxy groups -OCH3 is 1. The van der Waals surface area contributed by atoms with Gasteiger partial charge in [0.15, 0.2) is 5.78 Å². The summed E-state index contributed by atoms with van der Waals surface area (Å²) in [6.45, 7) is 1.35. The van der Waals surface area contributed by atoms with Crippen LogP contribution in [0, 0.1) is 13.7 Å². The highest BCUT2D eigenvalue weighted by Crippen LogP contribution is 2.31. The van der Waals surface area contributed by atoms with Gasteiger partial charge in [0.25, 0.3) is 5.69 Å². The Kier molecular flexibility index (Phi) is 3.61. The molecule has 0 aromatic heterocycles. The molecule has 1 rings (SSSR count). The number of nitrogens with zero attached hydrogens (tertiary/aromatic N) is 1. The van der Waals surface area contributed by atoms with Crippen LogP contribution in [-0.4, -0.2) is 17.8 Å². The fourth-order valence-electron chi connectivity index (χ4n) is 1.19. The minimum atomic E-state index is -0.520. The van der Waals surface area contributed by atoms with Crippen molar-refractivity contribution in [2.75, 3.05) is 7.11 Å². The molecule has 1 aromatic rings. The van der Waals surface area contributed by atoms with Gasteiger partial charge in [-0.05, 0) is 35.6 Å². The molecule has 0 unspecified atom stereocenters. The quantitative estimate of drug-likeness (QED) is 0.371. The summed E-state index contributed by atoms with van der Waals surface area (Å²) in [6, 6.07) is 2.75. The van der Waals surface area contributed by atoms with E-state index >= 15 is 0 Å². The van der Waals surface area contributed by atoms with Crippen molar-refractivity contribution in [3.63, 3.8) is 0 Å². The van der Waals surface area contributed by atoms with Crippen LogP contribution < -0.4 is 4.74 Å². The minimum Gasteiger partial charge on any atom is -0.496 e. The van der Waals surface area contributed by atoms with Crippen molar-refractivity contribution < 1.29 is 14.5 Å². The topological polar surface area (TPSA) is 69.4 Å². The molecule has 0 bridgehead atoms. The number of Topliss-reactive ketones (excluding diaryl/α,β-unsaturated/α-hetero) is 1. The number of rotatable bonds is 3. The molecule has 0 radical (unpaired) electrons. The highest BCUT2D eigenvalue weighted by atomic mass is 127. The predicted molar refractivity (Wildman–Crippen MR) is 62.4 cm³/mol. The summed E-state index contributed by atoms with van der Waals surface area (Å²) in [5.41, 5.74) is 0.175. The zero-order valence-electron chi connectivity index (χ0n) is 8.11. The normalized spacial score (nSPS) is 9.80. The molecule has 0 N–H and O–H groups in total. The SMILES string of the molecule is COc1ccc([N+](=O)[O-])c(I)c1C(C)=O. The Morgan fingerprint density at radius 2 is 2.13 bits per heavy atom. The van der Waals surface area contributed by atoms with Gasteiger partial charge in [-0.25, -0.2) is 0 Å². The largest absolute Gasteiger partial charge is 0.496 e. The van der Waals surface area contributed by atoms with E-state index in [1.54, 1.807) is 22.6 Å². The monoisotopic (exact) mass is 321 g/mol. The van der Waals surface area contributed by atoms with Gasteiger partial charge in [0.05, 0.1) is 17.6 Å². The Balaban J connectivity index is 3.49. The molecule has 5 nitrogen and oxygen atoms in total. The first kappa shape index (κ1) is 11.9. The lowest BCUT2D eigenvalue weighted by Crippen LogP contribution is -2.03. The van der Waals surface area contributed by atoms with Crippen LogP contribution in [0.15, 0.2) is 12.1 Å². The molecule has 0 atom stereocenters. The average Bonchev–Trinajstić information content (AvgIpc) is 2.15. The van der Waals surface area contributed by atoms with Crippen molar-refractivity contribution in [3.05, 3.63) is 31.4 Å². The van der Waals surface area contributed by atoms with Gasteiger partial charge in [-0.2, -0.15) is 0 Å². The summed E-state index contributed by atoms with van der Waals surface area (Å²) in [5, 5.41) is 10.6. The van der Waals surface area contributed by atoms with E-state index in [1.807, 2.05) is 0 Å². The van der Waals surface area contributed by atoms with Crippen LogP contribution in [0.5, 0.6) is 5.75 Å². The van der Waals surface area contributed by atoms with Gasteiger partial charge in [0, 0.05) is 6.07 Å².